The first-order chi connectivity index (χ1) is 15.0. The minimum absolute atomic E-state index is 0.128. The molecule has 1 heterocycles. The molecule has 11 heteroatoms. The van der Waals surface area contributed by atoms with E-state index >= 15 is 0 Å². The minimum Gasteiger partial charge on any atom is -0.456 e. The van der Waals surface area contributed by atoms with Gasteiger partial charge in [0.15, 0.2) is 17.9 Å². The number of rotatable bonds is 6. The molecule has 11 nitrogen and oxygen atoms in total. The molecular formula is C21H23NO10. The first-order valence-electron chi connectivity index (χ1n) is 9.52. The molecule has 1 aromatic rings. The van der Waals surface area contributed by atoms with Gasteiger partial charge >= 0.3 is 23.9 Å². The van der Waals surface area contributed by atoms with Crippen LogP contribution in [0.4, 0.5) is 5.69 Å². The van der Waals surface area contributed by atoms with E-state index in [-0.39, 0.29) is 11.3 Å². The molecule has 0 saturated carbocycles. The maximum atomic E-state index is 12.1. The van der Waals surface area contributed by atoms with Gasteiger partial charge in [-0.1, -0.05) is 24.3 Å². The fourth-order valence-corrected chi connectivity index (χ4v) is 3.43. The maximum Gasteiger partial charge on any atom is 0.305 e. The highest BCUT2D eigenvalue weighted by atomic mass is 16.8. The second-order valence-electron chi connectivity index (χ2n) is 6.94. The fourth-order valence-electron chi connectivity index (χ4n) is 3.43. The third kappa shape index (κ3) is 5.40. The van der Waals surface area contributed by atoms with E-state index in [1.807, 2.05) is 0 Å². The normalized spacial score (nSPS) is 26.9. The van der Waals surface area contributed by atoms with Crippen LogP contribution >= 0.6 is 0 Å². The molecule has 1 aliphatic rings. The lowest BCUT2D eigenvalue weighted by molar-refractivity contribution is -0.361. The van der Waals surface area contributed by atoms with E-state index < -0.39 is 60.7 Å². The Hall–Kier alpha value is -3.49. The van der Waals surface area contributed by atoms with Gasteiger partial charge in [-0.05, 0) is 0 Å². The number of aliphatic hydroxyl groups excluding tert-OH is 1. The van der Waals surface area contributed by atoms with E-state index in [2.05, 4.69) is 4.85 Å². The monoisotopic (exact) mass is 449 g/mol. The summed E-state index contributed by atoms with van der Waals surface area (Å²) in [6.45, 7) is 10.7. The molecule has 0 radical (unpaired) electrons. The van der Waals surface area contributed by atoms with Gasteiger partial charge in [0.2, 0.25) is 6.10 Å². The Morgan fingerprint density at radius 1 is 0.938 bits per heavy atom. The molecule has 32 heavy (non-hydrogen) atoms. The minimum atomic E-state index is -2.19. The van der Waals surface area contributed by atoms with E-state index in [1.54, 1.807) is 0 Å². The summed E-state index contributed by atoms with van der Waals surface area (Å²) in [4.78, 5) is 50.9. The summed E-state index contributed by atoms with van der Waals surface area (Å²) in [6.07, 6.45) is -5.86. The number of hydrogen-bond donors (Lipinski definition) is 1. The number of ether oxygens (including phenoxy) is 5. The molecule has 0 aromatic heterocycles. The summed E-state index contributed by atoms with van der Waals surface area (Å²) in [7, 11) is 0. The van der Waals surface area contributed by atoms with Gasteiger partial charge in [0.25, 0.3) is 5.79 Å². The molecular weight excluding hydrogens is 426 g/mol. The number of esters is 4. The van der Waals surface area contributed by atoms with Crippen LogP contribution in [-0.2, 0) is 48.6 Å². The predicted molar refractivity (Wildman–Crippen MR) is 105 cm³/mol. The number of benzene rings is 1. The molecule has 0 unspecified atom stereocenters. The zero-order valence-corrected chi connectivity index (χ0v) is 17.9. The van der Waals surface area contributed by atoms with Gasteiger partial charge in [-0.25, -0.2) is 4.85 Å². The molecule has 2 rings (SSSR count). The van der Waals surface area contributed by atoms with Crippen LogP contribution in [0.15, 0.2) is 24.3 Å². The zero-order chi connectivity index (χ0) is 24.1. The molecule has 1 saturated heterocycles. The van der Waals surface area contributed by atoms with Crippen LogP contribution in [0, 0.1) is 6.57 Å². The average Bonchev–Trinajstić information content (AvgIpc) is 2.71. The molecule has 0 amide bonds. The third-order valence-corrected chi connectivity index (χ3v) is 4.46. The highest BCUT2D eigenvalue weighted by Crippen LogP contribution is 2.44. The first kappa shape index (κ1) is 24.8. The predicted octanol–water partition coefficient (Wildman–Crippen LogP) is 1.14. The van der Waals surface area contributed by atoms with Crippen molar-refractivity contribution in [3.05, 3.63) is 41.2 Å². The first-order valence-corrected chi connectivity index (χ1v) is 9.52. The van der Waals surface area contributed by atoms with Crippen LogP contribution in [0.3, 0.4) is 0 Å². The SMILES string of the molecule is [C-]#[N+]c1ccc([C@]2(OC(C)=O)O[C@H](CO)[C@@H](OC(C)=O)[C@H](OC(C)=O)[C@H]2OC(C)=O)cc1. The van der Waals surface area contributed by atoms with Crippen molar-refractivity contribution >= 4 is 29.6 Å². The number of carbonyl (C=O) groups is 4. The lowest BCUT2D eigenvalue weighted by atomic mass is 9.87. The van der Waals surface area contributed by atoms with Crippen molar-refractivity contribution < 1.29 is 48.0 Å². The van der Waals surface area contributed by atoms with E-state index in [1.165, 1.54) is 24.3 Å². The fraction of sp³-hybridized carbons (Fsp3) is 0.476. The van der Waals surface area contributed by atoms with Crippen molar-refractivity contribution in [3.8, 4) is 0 Å². The Balaban J connectivity index is 2.77. The van der Waals surface area contributed by atoms with Gasteiger partial charge in [-0.15, -0.1) is 0 Å². The third-order valence-electron chi connectivity index (χ3n) is 4.46. The summed E-state index contributed by atoms with van der Waals surface area (Å²) < 4.78 is 27.3. The number of nitrogens with zero attached hydrogens (tertiary/aromatic N) is 1. The molecule has 5 atom stereocenters. The molecule has 1 aliphatic heterocycles. The van der Waals surface area contributed by atoms with Gasteiger partial charge < -0.3 is 28.8 Å². The maximum absolute atomic E-state index is 12.1. The molecule has 1 N–H and O–H groups in total. The van der Waals surface area contributed by atoms with Gasteiger partial charge in [0.1, 0.15) is 6.10 Å². The van der Waals surface area contributed by atoms with Crippen molar-refractivity contribution in [1.82, 2.24) is 0 Å². The Morgan fingerprint density at radius 2 is 1.47 bits per heavy atom. The largest absolute Gasteiger partial charge is 0.456 e. The second kappa shape index (κ2) is 10.2. The topological polar surface area (TPSA) is 139 Å². The average molecular weight is 449 g/mol. The lowest BCUT2D eigenvalue weighted by Gasteiger charge is -2.50. The van der Waals surface area contributed by atoms with Gasteiger partial charge in [0, 0.05) is 33.3 Å². The van der Waals surface area contributed by atoms with Crippen molar-refractivity contribution in [2.75, 3.05) is 6.61 Å². The number of aliphatic hydroxyl groups is 1. The highest BCUT2D eigenvalue weighted by molar-refractivity contribution is 5.69. The van der Waals surface area contributed by atoms with Crippen molar-refractivity contribution in [2.45, 2.75) is 57.9 Å². The number of hydrogen-bond acceptors (Lipinski definition) is 10. The molecule has 0 aliphatic carbocycles. The molecule has 0 bridgehead atoms. The Labute approximate surface area is 184 Å². The van der Waals surface area contributed by atoms with Crippen molar-refractivity contribution in [1.29, 1.82) is 0 Å². The summed E-state index contributed by atoms with van der Waals surface area (Å²) in [6, 6.07) is 5.62. The zero-order valence-electron chi connectivity index (χ0n) is 17.9. The number of carbonyl (C=O) groups excluding carboxylic acids is 4. The summed E-state index contributed by atoms with van der Waals surface area (Å²) in [5, 5.41) is 9.94. The smallest absolute Gasteiger partial charge is 0.305 e. The van der Waals surface area contributed by atoms with E-state index in [9.17, 15) is 24.3 Å². The lowest BCUT2D eigenvalue weighted by Crippen LogP contribution is -2.67. The van der Waals surface area contributed by atoms with Crippen LogP contribution < -0.4 is 0 Å². The molecule has 172 valence electrons. The highest BCUT2D eigenvalue weighted by Gasteiger charge is 2.62. The Kier molecular flexibility index (Phi) is 7.91. The van der Waals surface area contributed by atoms with Gasteiger partial charge in [-0.3, -0.25) is 19.2 Å². The van der Waals surface area contributed by atoms with Crippen LogP contribution in [0.1, 0.15) is 33.3 Å². The Morgan fingerprint density at radius 3 is 1.91 bits per heavy atom. The van der Waals surface area contributed by atoms with E-state index in [0.717, 1.165) is 27.7 Å². The van der Waals surface area contributed by atoms with Crippen LogP contribution in [0.5, 0.6) is 0 Å². The van der Waals surface area contributed by atoms with E-state index in [0.29, 0.717) is 0 Å². The van der Waals surface area contributed by atoms with E-state index in [4.69, 9.17) is 30.3 Å². The van der Waals surface area contributed by atoms with Gasteiger partial charge in [-0.2, -0.15) is 0 Å². The van der Waals surface area contributed by atoms with Crippen LogP contribution in [0.25, 0.3) is 4.85 Å². The summed E-state index contributed by atoms with van der Waals surface area (Å²) in [5.74, 6) is -5.47. The standard InChI is InChI=1S/C21H23NO10/c1-11(24)28-18-17(10-23)32-21(31-14(4)27,15-6-8-16(22-5)9-7-15)20(30-13(3)26)19(18)29-12(2)25/h6-9,17-20,23H,10H2,1-4H3/t17-,18-,19+,20-,21+/m1/s1. The summed E-state index contributed by atoms with van der Waals surface area (Å²) in [5.41, 5.74) is 0.392. The van der Waals surface area contributed by atoms with Crippen molar-refractivity contribution in [3.63, 3.8) is 0 Å². The molecule has 1 fully saturated rings. The van der Waals surface area contributed by atoms with Crippen molar-refractivity contribution in [2.24, 2.45) is 0 Å². The molecule has 1 aromatic carbocycles. The Bertz CT molecular complexity index is 922. The quantitative estimate of drug-likeness (QED) is 0.382. The summed E-state index contributed by atoms with van der Waals surface area (Å²) >= 11 is 0. The second-order valence-corrected chi connectivity index (χ2v) is 6.94. The van der Waals surface area contributed by atoms with Gasteiger partial charge in [0.05, 0.1) is 13.2 Å². The van der Waals surface area contributed by atoms with Crippen LogP contribution in [0.2, 0.25) is 0 Å². The van der Waals surface area contributed by atoms with Crippen LogP contribution in [-0.4, -0.2) is 60.0 Å². The molecule has 0 spiro atoms.